The molecule has 0 unspecified atom stereocenters. The lowest BCUT2D eigenvalue weighted by Crippen LogP contribution is -2.36. The van der Waals surface area contributed by atoms with Gasteiger partial charge in [0.15, 0.2) is 5.82 Å². The minimum Gasteiger partial charge on any atom is -0.381 e. The predicted octanol–water partition coefficient (Wildman–Crippen LogP) is 3.50. The Labute approximate surface area is 210 Å². The SMILES string of the molecule is CC(=O)N1CCc2c(c(N3CCCc4cc(-c5cnn(C)c5)c(C#N)cc43)nn2C2CCOCC2)C1. The van der Waals surface area contributed by atoms with Crippen molar-refractivity contribution in [2.45, 2.75) is 51.6 Å². The number of hydrogen-bond acceptors (Lipinski definition) is 6. The molecule has 0 aliphatic carbocycles. The van der Waals surface area contributed by atoms with Crippen molar-refractivity contribution in [3.63, 3.8) is 0 Å². The van der Waals surface area contributed by atoms with Gasteiger partial charge in [0.05, 0.1) is 30.4 Å². The Morgan fingerprint density at radius 1 is 1.19 bits per heavy atom. The second-order valence-corrected chi connectivity index (χ2v) is 10.0. The van der Waals surface area contributed by atoms with E-state index in [0.29, 0.717) is 18.2 Å². The summed E-state index contributed by atoms with van der Waals surface area (Å²) in [5.74, 6) is 1.03. The molecule has 1 aromatic carbocycles. The fourth-order valence-corrected chi connectivity index (χ4v) is 5.89. The van der Waals surface area contributed by atoms with Gasteiger partial charge in [-0.25, -0.2) is 0 Å². The molecule has 3 aliphatic heterocycles. The Morgan fingerprint density at radius 3 is 2.75 bits per heavy atom. The quantitative estimate of drug-likeness (QED) is 0.564. The highest BCUT2D eigenvalue weighted by atomic mass is 16.5. The monoisotopic (exact) mass is 485 g/mol. The Balaban J connectivity index is 1.46. The van der Waals surface area contributed by atoms with Gasteiger partial charge in [-0.1, -0.05) is 0 Å². The summed E-state index contributed by atoms with van der Waals surface area (Å²) in [5, 5.41) is 19.6. The van der Waals surface area contributed by atoms with Crippen LogP contribution in [-0.2, 0) is 36.0 Å². The van der Waals surface area contributed by atoms with Gasteiger partial charge < -0.3 is 14.5 Å². The summed E-state index contributed by atoms with van der Waals surface area (Å²) < 4.78 is 9.61. The molecule has 6 rings (SSSR count). The third-order valence-corrected chi connectivity index (χ3v) is 7.78. The molecular formula is C27H31N7O2. The maximum absolute atomic E-state index is 12.3. The van der Waals surface area contributed by atoms with Gasteiger partial charge in [-0.15, -0.1) is 0 Å². The Kier molecular flexibility index (Phi) is 5.76. The van der Waals surface area contributed by atoms with Crippen molar-refractivity contribution in [2.75, 3.05) is 31.2 Å². The van der Waals surface area contributed by atoms with E-state index < -0.39 is 0 Å². The zero-order valence-electron chi connectivity index (χ0n) is 20.9. The summed E-state index contributed by atoms with van der Waals surface area (Å²) >= 11 is 0. The van der Waals surface area contributed by atoms with Crippen LogP contribution in [0.4, 0.5) is 11.5 Å². The van der Waals surface area contributed by atoms with E-state index in [-0.39, 0.29) is 5.91 Å². The number of fused-ring (bicyclic) bond motifs is 2. The molecule has 36 heavy (non-hydrogen) atoms. The molecule has 186 valence electrons. The average molecular weight is 486 g/mol. The zero-order chi connectivity index (χ0) is 24.8. The van der Waals surface area contributed by atoms with Crippen LogP contribution in [-0.4, -0.2) is 56.7 Å². The van der Waals surface area contributed by atoms with Gasteiger partial charge in [0.2, 0.25) is 5.91 Å². The number of carbonyl (C=O) groups is 1. The largest absolute Gasteiger partial charge is 0.381 e. The highest BCUT2D eigenvalue weighted by molar-refractivity contribution is 5.79. The number of nitrogens with zero attached hydrogens (tertiary/aromatic N) is 7. The predicted molar refractivity (Wildman–Crippen MR) is 135 cm³/mol. The highest BCUT2D eigenvalue weighted by Crippen LogP contribution is 2.41. The molecule has 0 N–H and O–H groups in total. The molecule has 1 amide bonds. The van der Waals surface area contributed by atoms with E-state index in [1.165, 1.54) is 11.3 Å². The number of benzene rings is 1. The molecule has 0 spiro atoms. The summed E-state index contributed by atoms with van der Waals surface area (Å²) in [6, 6.07) is 6.90. The van der Waals surface area contributed by atoms with Crippen LogP contribution in [0.3, 0.4) is 0 Å². The number of ether oxygens (including phenoxy) is 1. The molecule has 3 aliphatic rings. The van der Waals surface area contributed by atoms with Crippen LogP contribution < -0.4 is 4.90 Å². The van der Waals surface area contributed by atoms with E-state index in [1.54, 1.807) is 11.6 Å². The standard InChI is InChI=1S/C27H31N7O2/c1-18(35)32-9-5-25-24(17-32)27(30-34(25)22-6-10-36-11-7-22)33-8-3-4-19-12-23(20(14-28)13-26(19)33)21-15-29-31(2)16-21/h12-13,15-16,22H,3-11,17H2,1-2H3. The second-order valence-electron chi connectivity index (χ2n) is 10.0. The number of anilines is 2. The van der Waals surface area contributed by atoms with Crippen molar-refractivity contribution < 1.29 is 9.53 Å². The van der Waals surface area contributed by atoms with Gasteiger partial charge in [-0.2, -0.15) is 15.5 Å². The van der Waals surface area contributed by atoms with E-state index in [2.05, 4.69) is 26.8 Å². The number of nitriles is 1. The molecule has 0 saturated carbocycles. The third kappa shape index (κ3) is 3.86. The summed E-state index contributed by atoms with van der Waals surface area (Å²) in [5.41, 5.74) is 7.16. The Morgan fingerprint density at radius 2 is 2.03 bits per heavy atom. The zero-order valence-corrected chi connectivity index (χ0v) is 20.9. The van der Waals surface area contributed by atoms with Crippen LogP contribution in [0.25, 0.3) is 11.1 Å². The number of hydrogen-bond donors (Lipinski definition) is 0. The smallest absolute Gasteiger partial charge is 0.219 e. The topological polar surface area (TPSA) is 92.2 Å². The van der Waals surface area contributed by atoms with Crippen LogP contribution in [0.5, 0.6) is 0 Å². The van der Waals surface area contributed by atoms with Crippen molar-refractivity contribution in [3.05, 3.63) is 46.9 Å². The number of amides is 1. The van der Waals surface area contributed by atoms with Crippen LogP contribution in [0, 0.1) is 11.3 Å². The van der Waals surface area contributed by atoms with Gasteiger partial charge in [-0.05, 0) is 43.4 Å². The fraction of sp³-hybridized carbons (Fsp3) is 0.481. The highest BCUT2D eigenvalue weighted by Gasteiger charge is 2.33. The van der Waals surface area contributed by atoms with Crippen molar-refractivity contribution in [3.8, 4) is 17.2 Å². The van der Waals surface area contributed by atoms with Crippen molar-refractivity contribution in [2.24, 2.45) is 7.05 Å². The van der Waals surface area contributed by atoms with Gasteiger partial charge >= 0.3 is 0 Å². The van der Waals surface area contributed by atoms with Crippen molar-refractivity contribution >= 4 is 17.4 Å². The minimum absolute atomic E-state index is 0.0948. The Bertz CT molecular complexity index is 1360. The van der Waals surface area contributed by atoms with Crippen LogP contribution >= 0.6 is 0 Å². The lowest BCUT2D eigenvalue weighted by molar-refractivity contribution is -0.129. The molecule has 1 fully saturated rings. The minimum atomic E-state index is 0.0948. The Hall–Kier alpha value is -3.64. The van der Waals surface area contributed by atoms with E-state index in [9.17, 15) is 10.1 Å². The molecule has 1 saturated heterocycles. The number of aryl methyl sites for hydroxylation is 2. The maximum Gasteiger partial charge on any atom is 0.219 e. The molecule has 0 atom stereocenters. The first-order valence-corrected chi connectivity index (χ1v) is 12.8. The fourth-order valence-electron chi connectivity index (χ4n) is 5.89. The maximum atomic E-state index is 12.3. The first-order valence-electron chi connectivity index (χ1n) is 12.8. The van der Waals surface area contributed by atoms with E-state index >= 15 is 0 Å². The lowest BCUT2D eigenvalue weighted by Gasteiger charge is -2.33. The molecule has 0 bridgehead atoms. The van der Waals surface area contributed by atoms with Crippen molar-refractivity contribution in [1.29, 1.82) is 5.26 Å². The average Bonchev–Trinajstić information content (AvgIpc) is 3.51. The number of rotatable bonds is 3. The third-order valence-electron chi connectivity index (χ3n) is 7.78. The van der Waals surface area contributed by atoms with E-state index in [4.69, 9.17) is 9.84 Å². The summed E-state index contributed by atoms with van der Waals surface area (Å²) in [4.78, 5) is 16.5. The van der Waals surface area contributed by atoms with Crippen molar-refractivity contribution in [1.82, 2.24) is 24.5 Å². The van der Waals surface area contributed by atoms with Crippen LogP contribution in [0.2, 0.25) is 0 Å². The van der Waals surface area contributed by atoms with Gasteiger partial charge in [0, 0.05) is 81.0 Å². The van der Waals surface area contributed by atoms with Gasteiger partial charge in [0.1, 0.15) is 0 Å². The molecule has 0 radical (unpaired) electrons. The second kappa shape index (κ2) is 9.10. The first-order chi connectivity index (χ1) is 17.5. The van der Waals surface area contributed by atoms with Crippen LogP contribution in [0.1, 0.15) is 54.6 Å². The first kappa shape index (κ1) is 22.8. The lowest BCUT2D eigenvalue weighted by atomic mass is 9.93. The summed E-state index contributed by atoms with van der Waals surface area (Å²) in [7, 11) is 1.89. The number of carbonyl (C=O) groups excluding carboxylic acids is 1. The van der Waals surface area contributed by atoms with Gasteiger partial charge in [-0.3, -0.25) is 14.2 Å². The summed E-state index contributed by atoms with van der Waals surface area (Å²) in [6.45, 7) is 5.28. The molecular weight excluding hydrogens is 454 g/mol. The molecule has 3 aromatic rings. The molecule has 5 heterocycles. The van der Waals surface area contributed by atoms with E-state index in [0.717, 1.165) is 86.6 Å². The van der Waals surface area contributed by atoms with Crippen LogP contribution in [0.15, 0.2) is 24.5 Å². The normalized spacial score (nSPS) is 18.0. The molecule has 9 heteroatoms. The van der Waals surface area contributed by atoms with Gasteiger partial charge in [0.25, 0.3) is 0 Å². The van der Waals surface area contributed by atoms with E-state index in [1.807, 2.05) is 30.4 Å². The molecule has 9 nitrogen and oxygen atoms in total. The summed E-state index contributed by atoms with van der Waals surface area (Å²) in [6.07, 6.45) is 8.43. The molecule has 2 aromatic heterocycles. The number of aromatic nitrogens is 4.